The molecule has 0 radical (unpaired) electrons. The minimum atomic E-state index is -0.0554. The Bertz CT molecular complexity index is 1650. The molecule has 4 nitrogen and oxygen atoms in total. The fourth-order valence-corrected chi connectivity index (χ4v) is 4.97. The molecule has 1 unspecified atom stereocenters. The van der Waals surface area contributed by atoms with E-state index in [2.05, 4.69) is 76.9 Å². The minimum Gasteiger partial charge on any atom is -0.503 e. The molecule has 0 fully saturated rings. The van der Waals surface area contributed by atoms with Crippen LogP contribution < -0.4 is 4.74 Å². The average molecular weight is 701 g/mol. The molecule has 40 heavy (non-hydrogen) atoms. The van der Waals surface area contributed by atoms with Crippen molar-refractivity contribution in [1.82, 2.24) is 14.5 Å². The number of hydrogen-bond acceptors (Lipinski definition) is 3. The zero-order valence-corrected chi connectivity index (χ0v) is 24.5. The van der Waals surface area contributed by atoms with Gasteiger partial charge in [0, 0.05) is 29.3 Å². The second-order valence-electron chi connectivity index (χ2n) is 9.51. The Morgan fingerprint density at radius 1 is 0.700 bits per heavy atom. The van der Waals surface area contributed by atoms with Gasteiger partial charge in [-0.15, -0.1) is 41.5 Å². The van der Waals surface area contributed by atoms with Crippen molar-refractivity contribution in [2.45, 2.75) is 19.8 Å². The Morgan fingerprint density at radius 3 is 2.15 bits per heavy atom. The summed E-state index contributed by atoms with van der Waals surface area (Å²) in [5.74, 6) is 1.18. The van der Waals surface area contributed by atoms with E-state index in [0.717, 1.165) is 33.8 Å². The Kier molecular flexibility index (Phi) is 8.38. The normalized spacial score (nSPS) is 11.4. The summed E-state index contributed by atoms with van der Waals surface area (Å²) in [5.41, 5.74) is 8.36. The molecule has 0 saturated carbocycles. The third kappa shape index (κ3) is 5.83. The monoisotopic (exact) mass is 700 g/mol. The number of benzene rings is 4. The van der Waals surface area contributed by atoms with Crippen LogP contribution in [0.15, 0.2) is 122 Å². The van der Waals surface area contributed by atoms with E-state index < -0.39 is 0 Å². The van der Waals surface area contributed by atoms with Gasteiger partial charge in [0.1, 0.15) is 0 Å². The summed E-state index contributed by atoms with van der Waals surface area (Å²) in [7, 11) is 0. The van der Waals surface area contributed by atoms with E-state index in [1.807, 2.05) is 85.5 Å². The Balaban J connectivity index is 0.00000323. The number of imidazole rings is 1. The molecule has 2 aromatic heterocycles. The maximum atomic E-state index is 6.27. The van der Waals surface area contributed by atoms with E-state index >= 15 is 0 Å². The van der Waals surface area contributed by atoms with Crippen LogP contribution in [0.25, 0.3) is 16.9 Å². The van der Waals surface area contributed by atoms with Crippen LogP contribution in [0.2, 0.25) is 0 Å². The Morgan fingerprint density at radius 2 is 1.40 bits per heavy atom. The van der Waals surface area contributed by atoms with Crippen LogP contribution in [-0.2, 0) is 21.1 Å². The largest absolute Gasteiger partial charge is 2.00 e. The fourth-order valence-electron chi connectivity index (χ4n) is 4.97. The van der Waals surface area contributed by atoms with Gasteiger partial charge in [-0.05, 0) is 48.9 Å². The molecule has 6 rings (SSSR count). The van der Waals surface area contributed by atoms with Crippen molar-refractivity contribution < 1.29 is 25.8 Å². The molecule has 0 saturated heterocycles. The van der Waals surface area contributed by atoms with E-state index in [1.165, 1.54) is 11.1 Å². The van der Waals surface area contributed by atoms with Crippen molar-refractivity contribution in [3.05, 3.63) is 162 Å². The first-order valence-corrected chi connectivity index (χ1v) is 12.9. The fraction of sp³-hybridized carbons (Fsp3) is 0.0857. The summed E-state index contributed by atoms with van der Waals surface area (Å²) in [6, 6.07) is 41.4. The molecular weight excluding hydrogens is 673 g/mol. The molecule has 198 valence electrons. The van der Waals surface area contributed by atoms with Crippen LogP contribution in [0.5, 0.6) is 11.5 Å². The first kappa shape index (κ1) is 27.3. The number of nitrogens with zero attached hydrogens (tertiary/aromatic N) is 3. The average Bonchev–Trinajstić information content (AvgIpc) is 3.45. The van der Waals surface area contributed by atoms with E-state index in [9.17, 15) is 0 Å². The predicted molar refractivity (Wildman–Crippen MR) is 154 cm³/mol. The number of pyridine rings is 1. The van der Waals surface area contributed by atoms with Crippen molar-refractivity contribution in [1.29, 1.82) is 0 Å². The zero-order valence-electron chi connectivity index (χ0n) is 22.2. The van der Waals surface area contributed by atoms with Gasteiger partial charge in [0.05, 0.1) is 17.7 Å². The molecule has 0 N–H and O–H groups in total. The maximum absolute atomic E-state index is 6.27. The Labute approximate surface area is 249 Å². The standard InChI is InChI=1S/C35H27N3O.Pt/c1-25-11-8-12-26(2)35(25)38-23-33(37-24-38)28-15-9-17-30(21-28)39-31-18-10-16-29(22-31)34(27-13-4-3-5-14-27)32-19-6-7-20-36-32;/h3-20,23-24,34H,1-2H3;/q-2;+2. The SMILES string of the molecule is Cc1cccc(C)c1-n1cnc(-c2[c-]c(Oc3[c-]c(C(c4ccccc4)c4ccccn4)ccc3)ccc2)c1.[Pt+2]. The van der Waals surface area contributed by atoms with Crippen LogP contribution in [0, 0.1) is 26.0 Å². The van der Waals surface area contributed by atoms with Gasteiger partial charge >= 0.3 is 21.1 Å². The molecule has 0 spiro atoms. The quantitative estimate of drug-likeness (QED) is 0.158. The van der Waals surface area contributed by atoms with Gasteiger partial charge in [0.2, 0.25) is 0 Å². The van der Waals surface area contributed by atoms with Crippen LogP contribution in [-0.4, -0.2) is 14.5 Å². The van der Waals surface area contributed by atoms with Crippen molar-refractivity contribution in [2.75, 3.05) is 0 Å². The van der Waals surface area contributed by atoms with Crippen LogP contribution >= 0.6 is 0 Å². The van der Waals surface area contributed by atoms with Crippen molar-refractivity contribution in [2.24, 2.45) is 0 Å². The smallest absolute Gasteiger partial charge is 0.503 e. The summed E-state index contributed by atoms with van der Waals surface area (Å²) in [6.07, 6.45) is 5.72. The van der Waals surface area contributed by atoms with Crippen LogP contribution in [0.3, 0.4) is 0 Å². The van der Waals surface area contributed by atoms with Gasteiger partial charge in [-0.25, -0.2) is 0 Å². The molecule has 0 amide bonds. The second-order valence-corrected chi connectivity index (χ2v) is 9.51. The summed E-state index contributed by atoms with van der Waals surface area (Å²) in [4.78, 5) is 9.31. The van der Waals surface area contributed by atoms with Gasteiger partial charge in [-0.3, -0.25) is 9.97 Å². The molecule has 6 aromatic rings. The molecule has 0 aliphatic rings. The van der Waals surface area contributed by atoms with E-state index in [1.54, 1.807) is 0 Å². The molecule has 4 aromatic carbocycles. The maximum Gasteiger partial charge on any atom is 2.00 e. The minimum absolute atomic E-state index is 0. The molecular formula is C35H27N3OPt. The first-order valence-electron chi connectivity index (χ1n) is 12.9. The third-order valence-corrected chi connectivity index (χ3v) is 6.76. The van der Waals surface area contributed by atoms with Crippen LogP contribution in [0.4, 0.5) is 0 Å². The third-order valence-electron chi connectivity index (χ3n) is 6.76. The van der Waals surface area contributed by atoms with Crippen molar-refractivity contribution >= 4 is 0 Å². The van der Waals surface area contributed by atoms with Gasteiger partial charge in [-0.1, -0.05) is 60.7 Å². The van der Waals surface area contributed by atoms with Crippen LogP contribution in [0.1, 0.15) is 33.9 Å². The van der Waals surface area contributed by atoms with Crippen molar-refractivity contribution in [3.8, 4) is 28.4 Å². The number of ether oxygens (including phenoxy) is 1. The van der Waals surface area contributed by atoms with Gasteiger partial charge < -0.3 is 9.30 Å². The summed E-state index contributed by atoms with van der Waals surface area (Å²) >= 11 is 0. The van der Waals surface area contributed by atoms with E-state index in [4.69, 9.17) is 4.74 Å². The number of aromatic nitrogens is 3. The molecule has 0 bridgehead atoms. The predicted octanol–water partition coefficient (Wildman–Crippen LogP) is 8.12. The van der Waals surface area contributed by atoms with E-state index in [0.29, 0.717) is 11.5 Å². The zero-order chi connectivity index (χ0) is 26.6. The summed E-state index contributed by atoms with van der Waals surface area (Å²) in [6.45, 7) is 4.23. The molecule has 2 heterocycles. The molecule has 0 aliphatic heterocycles. The van der Waals surface area contributed by atoms with Crippen molar-refractivity contribution in [3.63, 3.8) is 0 Å². The van der Waals surface area contributed by atoms with Gasteiger partial charge in [-0.2, -0.15) is 12.1 Å². The Hall–Kier alpha value is -4.27. The number of aryl methyl sites for hydroxylation is 2. The van der Waals surface area contributed by atoms with Gasteiger partial charge in [0.15, 0.2) is 0 Å². The molecule has 5 heteroatoms. The topological polar surface area (TPSA) is 39.9 Å². The number of para-hydroxylation sites is 1. The molecule has 1 atom stereocenters. The number of hydrogen-bond donors (Lipinski definition) is 0. The molecule has 0 aliphatic carbocycles. The summed E-state index contributed by atoms with van der Waals surface area (Å²) < 4.78 is 8.34. The first-order chi connectivity index (χ1) is 19.2. The number of rotatable bonds is 7. The van der Waals surface area contributed by atoms with E-state index in [-0.39, 0.29) is 27.0 Å². The summed E-state index contributed by atoms with van der Waals surface area (Å²) in [5, 5.41) is 0. The second kappa shape index (κ2) is 12.3. The van der Waals surface area contributed by atoms with Gasteiger partial charge in [0.25, 0.3) is 0 Å².